The molecule has 10 rings (SSSR count). The molecule has 230 valence electrons. The van der Waals surface area contributed by atoms with Gasteiger partial charge in [0.1, 0.15) is 16.7 Å². The highest BCUT2D eigenvalue weighted by Gasteiger charge is 2.18. The molecule has 0 atom stereocenters. The summed E-state index contributed by atoms with van der Waals surface area (Å²) in [7, 11) is 0. The first-order chi connectivity index (χ1) is 24.3. The quantitative estimate of drug-likeness (QED) is 0.178. The topological polar surface area (TPSA) is 42.4 Å². The zero-order valence-corrected chi connectivity index (χ0v) is 26.4. The Kier molecular flexibility index (Phi) is 6.15. The summed E-state index contributed by atoms with van der Waals surface area (Å²) in [5.74, 6) is 0.628. The van der Waals surface area contributed by atoms with Gasteiger partial charge in [-0.2, -0.15) is 0 Å². The van der Waals surface area contributed by atoms with Crippen molar-refractivity contribution in [1.82, 2.24) is 4.98 Å². The summed E-state index contributed by atoms with van der Waals surface area (Å²) in [5, 5.41) is 6.65. The van der Waals surface area contributed by atoms with Crippen LogP contribution in [0, 0.1) is 0 Å². The number of aromatic nitrogens is 1. The molecule has 0 aliphatic carbocycles. The van der Waals surface area contributed by atoms with Crippen LogP contribution in [0.2, 0.25) is 0 Å². The van der Waals surface area contributed by atoms with E-state index in [1.54, 1.807) is 0 Å². The molecular weight excluding hydrogens is 601 g/mol. The van der Waals surface area contributed by atoms with Crippen LogP contribution in [0.25, 0.3) is 77.2 Å². The lowest BCUT2D eigenvalue weighted by atomic mass is 10.00. The number of rotatable bonds is 5. The molecule has 8 aromatic carbocycles. The Balaban J connectivity index is 1.15. The normalized spacial score (nSPS) is 11.7. The summed E-state index contributed by atoms with van der Waals surface area (Å²) in [6.07, 6.45) is 0. The second-order valence-corrected chi connectivity index (χ2v) is 12.4. The highest BCUT2D eigenvalue weighted by Crippen LogP contribution is 2.42. The minimum absolute atomic E-state index is 0.628. The van der Waals surface area contributed by atoms with Gasteiger partial charge in [-0.25, -0.2) is 4.98 Å². The Bertz CT molecular complexity index is 2820. The molecule has 0 aliphatic heterocycles. The van der Waals surface area contributed by atoms with E-state index < -0.39 is 0 Å². The smallest absolute Gasteiger partial charge is 0.227 e. The molecule has 0 saturated heterocycles. The lowest BCUT2D eigenvalue weighted by molar-refractivity contribution is 0.623. The van der Waals surface area contributed by atoms with Crippen LogP contribution >= 0.6 is 0 Å². The van der Waals surface area contributed by atoms with E-state index in [-0.39, 0.29) is 0 Å². The Morgan fingerprint density at radius 2 is 1.02 bits per heavy atom. The fraction of sp³-hybridized carbons (Fsp3) is 0. The molecule has 2 heterocycles. The van der Waals surface area contributed by atoms with Crippen LogP contribution in [0.4, 0.5) is 17.1 Å². The lowest BCUT2D eigenvalue weighted by Gasteiger charge is -2.26. The zero-order chi connectivity index (χ0) is 32.3. The standard InChI is InChI=1S/C45H28N2O2/c1-3-9-29(10-4-1)30-17-20-34(21-18-30)47(36-23-25-39-38-13-7-8-14-41(38)48-42(39)28-36)35-22-24-37-33(27-35)16-15-31-19-26-40-44(43(31)37)49-45(46-40)32-11-5-2-6-12-32/h1-28H. The van der Waals surface area contributed by atoms with Crippen molar-refractivity contribution in [3.8, 4) is 22.6 Å². The third kappa shape index (κ3) is 4.57. The summed E-state index contributed by atoms with van der Waals surface area (Å²) in [6.45, 7) is 0. The van der Waals surface area contributed by atoms with Crippen LogP contribution in [0.5, 0.6) is 0 Å². The van der Waals surface area contributed by atoms with Gasteiger partial charge in [0, 0.05) is 44.9 Å². The van der Waals surface area contributed by atoms with Gasteiger partial charge in [-0.1, -0.05) is 103 Å². The molecule has 10 aromatic rings. The Hall–Kier alpha value is -6.65. The molecule has 0 aliphatic rings. The Labute approximate surface area is 282 Å². The van der Waals surface area contributed by atoms with E-state index in [2.05, 4.69) is 120 Å². The van der Waals surface area contributed by atoms with E-state index in [1.807, 2.05) is 54.6 Å². The number of nitrogens with zero attached hydrogens (tertiary/aromatic N) is 2. The van der Waals surface area contributed by atoms with Gasteiger partial charge >= 0.3 is 0 Å². The molecule has 4 heteroatoms. The predicted octanol–water partition coefficient (Wildman–Crippen LogP) is 12.8. The number of para-hydroxylation sites is 1. The van der Waals surface area contributed by atoms with Gasteiger partial charge in [-0.05, 0) is 87.9 Å². The van der Waals surface area contributed by atoms with Crippen LogP contribution in [-0.2, 0) is 0 Å². The minimum atomic E-state index is 0.628. The molecule has 0 fully saturated rings. The van der Waals surface area contributed by atoms with Gasteiger partial charge in [-0.3, -0.25) is 0 Å². The van der Waals surface area contributed by atoms with Crippen molar-refractivity contribution >= 4 is 71.6 Å². The lowest BCUT2D eigenvalue weighted by Crippen LogP contribution is -2.09. The van der Waals surface area contributed by atoms with Gasteiger partial charge in [0.2, 0.25) is 5.89 Å². The van der Waals surface area contributed by atoms with Gasteiger partial charge in [0.05, 0.1) is 0 Å². The number of fused-ring (bicyclic) bond motifs is 8. The van der Waals surface area contributed by atoms with Crippen LogP contribution in [-0.4, -0.2) is 4.98 Å². The number of anilines is 3. The second kappa shape index (κ2) is 11.0. The summed E-state index contributed by atoms with van der Waals surface area (Å²) < 4.78 is 12.8. The number of hydrogen-bond donors (Lipinski definition) is 0. The highest BCUT2D eigenvalue weighted by molar-refractivity contribution is 6.18. The third-order valence-electron chi connectivity index (χ3n) is 9.47. The molecule has 4 nitrogen and oxygen atoms in total. The van der Waals surface area contributed by atoms with E-state index in [9.17, 15) is 0 Å². The van der Waals surface area contributed by atoms with Crippen LogP contribution < -0.4 is 4.90 Å². The second-order valence-electron chi connectivity index (χ2n) is 12.4. The maximum Gasteiger partial charge on any atom is 0.227 e. The molecule has 2 aromatic heterocycles. The monoisotopic (exact) mass is 628 g/mol. The number of hydrogen-bond acceptors (Lipinski definition) is 4. The first kappa shape index (κ1) is 27.5. The van der Waals surface area contributed by atoms with Crippen molar-refractivity contribution in [1.29, 1.82) is 0 Å². The summed E-state index contributed by atoms with van der Waals surface area (Å²) >= 11 is 0. The third-order valence-corrected chi connectivity index (χ3v) is 9.47. The molecule has 0 N–H and O–H groups in total. The van der Waals surface area contributed by atoms with Crippen molar-refractivity contribution < 1.29 is 8.83 Å². The molecule has 0 amide bonds. The van der Waals surface area contributed by atoms with Gasteiger partial charge in [0.25, 0.3) is 0 Å². The van der Waals surface area contributed by atoms with Crippen molar-refractivity contribution in [2.75, 3.05) is 4.90 Å². The van der Waals surface area contributed by atoms with Crippen LogP contribution in [0.1, 0.15) is 0 Å². The maximum absolute atomic E-state index is 6.47. The molecule has 0 spiro atoms. The van der Waals surface area contributed by atoms with Crippen LogP contribution in [0.3, 0.4) is 0 Å². The average Bonchev–Trinajstić information content (AvgIpc) is 3.77. The van der Waals surface area contributed by atoms with Crippen molar-refractivity contribution in [3.63, 3.8) is 0 Å². The number of furan rings is 1. The van der Waals surface area contributed by atoms with Crippen molar-refractivity contribution in [2.45, 2.75) is 0 Å². The minimum Gasteiger partial charge on any atom is -0.456 e. The Morgan fingerprint density at radius 1 is 0.408 bits per heavy atom. The molecule has 0 unspecified atom stereocenters. The van der Waals surface area contributed by atoms with Crippen molar-refractivity contribution in [2.24, 2.45) is 0 Å². The first-order valence-corrected chi connectivity index (χ1v) is 16.5. The molecule has 0 bridgehead atoms. The molecule has 0 saturated carbocycles. The molecule has 0 radical (unpaired) electrons. The van der Waals surface area contributed by atoms with E-state index in [0.29, 0.717) is 5.89 Å². The van der Waals surface area contributed by atoms with E-state index >= 15 is 0 Å². The van der Waals surface area contributed by atoms with Gasteiger partial charge in [0.15, 0.2) is 5.58 Å². The highest BCUT2D eigenvalue weighted by atomic mass is 16.3. The van der Waals surface area contributed by atoms with Crippen LogP contribution in [0.15, 0.2) is 179 Å². The predicted molar refractivity (Wildman–Crippen MR) is 202 cm³/mol. The maximum atomic E-state index is 6.47. The summed E-state index contributed by atoms with van der Waals surface area (Å²) in [5.41, 5.74) is 9.85. The fourth-order valence-electron chi connectivity index (χ4n) is 7.10. The van der Waals surface area contributed by atoms with E-state index in [4.69, 9.17) is 13.8 Å². The number of oxazole rings is 1. The van der Waals surface area contributed by atoms with E-state index in [0.717, 1.165) is 77.2 Å². The largest absolute Gasteiger partial charge is 0.456 e. The average molecular weight is 629 g/mol. The van der Waals surface area contributed by atoms with Gasteiger partial charge < -0.3 is 13.7 Å². The Morgan fingerprint density at radius 3 is 1.84 bits per heavy atom. The van der Waals surface area contributed by atoms with E-state index in [1.165, 1.54) is 11.1 Å². The first-order valence-electron chi connectivity index (χ1n) is 16.5. The SMILES string of the molecule is c1ccc(-c2ccc(N(c3ccc4c(ccc5ccc6nc(-c7ccccc7)oc6c54)c3)c3ccc4c(c3)oc3ccccc34)cc2)cc1. The zero-order valence-electron chi connectivity index (χ0n) is 26.4. The molecular formula is C45H28N2O2. The number of benzene rings is 8. The van der Waals surface area contributed by atoms with Crippen molar-refractivity contribution in [3.05, 3.63) is 170 Å². The molecule has 49 heavy (non-hydrogen) atoms. The fourth-order valence-corrected chi connectivity index (χ4v) is 7.10. The summed E-state index contributed by atoms with van der Waals surface area (Å²) in [4.78, 5) is 7.15. The van der Waals surface area contributed by atoms with Gasteiger partial charge in [-0.15, -0.1) is 0 Å². The summed E-state index contributed by atoms with van der Waals surface area (Å²) in [6, 6.07) is 59.2.